The number of ether oxygens (including phenoxy) is 1. The van der Waals surface area contributed by atoms with Crippen molar-refractivity contribution in [2.45, 2.75) is 33.3 Å². The standard InChI is InChI=1S/C18H20N2O4/c1-4-14-7-5-6-8-17(14)24-13(3)18(21)19-16-11-15(20(22)23)10-9-12(16)2/h5-11,13H,4H2,1-3H3,(H,19,21). The summed E-state index contributed by atoms with van der Waals surface area (Å²) in [5.41, 5.74) is 2.10. The number of hydrogen-bond donors (Lipinski definition) is 1. The Hall–Kier alpha value is -2.89. The van der Waals surface area contributed by atoms with E-state index in [1.807, 2.05) is 31.2 Å². The van der Waals surface area contributed by atoms with E-state index < -0.39 is 11.0 Å². The van der Waals surface area contributed by atoms with Gasteiger partial charge in [0.25, 0.3) is 11.6 Å². The monoisotopic (exact) mass is 328 g/mol. The van der Waals surface area contributed by atoms with Crippen molar-refractivity contribution >= 4 is 17.3 Å². The first-order valence-corrected chi connectivity index (χ1v) is 7.72. The lowest BCUT2D eigenvalue weighted by molar-refractivity contribution is -0.384. The van der Waals surface area contributed by atoms with E-state index in [0.717, 1.165) is 17.5 Å². The highest BCUT2D eigenvalue weighted by Gasteiger charge is 2.18. The lowest BCUT2D eigenvalue weighted by Crippen LogP contribution is -2.30. The quantitative estimate of drug-likeness (QED) is 0.644. The number of carbonyl (C=O) groups excluding carboxylic acids is 1. The van der Waals surface area contributed by atoms with E-state index in [9.17, 15) is 14.9 Å². The van der Waals surface area contributed by atoms with Crippen molar-refractivity contribution in [2.24, 2.45) is 0 Å². The van der Waals surface area contributed by atoms with Gasteiger partial charge in [0.05, 0.1) is 10.6 Å². The highest BCUT2D eigenvalue weighted by Crippen LogP contribution is 2.23. The van der Waals surface area contributed by atoms with Crippen molar-refractivity contribution in [1.29, 1.82) is 0 Å². The van der Waals surface area contributed by atoms with Crippen molar-refractivity contribution in [3.8, 4) is 5.75 Å². The van der Waals surface area contributed by atoms with Gasteiger partial charge in [-0.3, -0.25) is 14.9 Å². The lowest BCUT2D eigenvalue weighted by atomic mass is 10.1. The number of non-ortho nitro benzene ring substituents is 1. The second-order valence-electron chi connectivity index (χ2n) is 5.47. The fourth-order valence-electron chi connectivity index (χ4n) is 2.25. The number of hydrogen-bond acceptors (Lipinski definition) is 4. The van der Waals surface area contributed by atoms with Gasteiger partial charge >= 0.3 is 0 Å². The van der Waals surface area contributed by atoms with E-state index in [4.69, 9.17) is 4.74 Å². The SMILES string of the molecule is CCc1ccccc1OC(C)C(=O)Nc1cc([N+](=O)[O-])ccc1C. The first kappa shape index (κ1) is 17.5. The number of nitro benzene ring substituents is 1. The van der Waals surface area contributed by atoms with Crippen molar-refractivity contribution in [1.82, 2.24) is 0 Å². The number of anilines is 1. The first-order valence-electron chi connectivity index (χ1n) is 7.72. The largest absolute Gasteiger partial charge is 0.481 e. The highest BCUT2D eigenvalue weighted by molar-refractivity contribution is 5.95. The molecule has 1 atom stereocenters. The molecule has 1 N–H and O–H groups in total. The number of para-hydroxylation sites is 1. The van der Waals surface area contributed by atoms with Gasteiger partial charge in [-0.15, -0.1) is 0 Å². The van der Waals surface area contributed by atoms with Gasteiger partial charge in [0.2, 0.25) is 0 Å². The molecule has 0 fully saturated rings. The molecule has 24 heavy (non-hydrogen) atoms. The van der Waals surface area contributed by atoms with E-state index in [1.54, 1.807) is 19.9 Å². The van der Waals surface area contributed by atoms with Gasteiger partial charge in [-0.2, -0.15) is 0 Å². The van der Waals surface area contributed by atoms with Gasteiger partial charge in [0, 0.05) is 12.1 Å². The van der Waals surface area contributed by atoms with Crippen molar-refractivity contribution in [2.75, 3.05) is 5.32 Å². The molecule has 0 bridgehead atoms. The molecule has 1 amide bonds. The van der Waals surface area contributed by atoms with Gasteiger partial charge in [-0.05, 0) is 37.5 Å². The third-order valence-electron chi connectivity index (χ3n) is 3.72. The third-order valence-corrected chi connectivity index (χ3v) is 3.72. The Morgan fingerprint density at radius 2 is 2.00 bits per heavy atom. The Morgan fingerprint density at radius 1 is 1.29 bits per heavy atom. The van der Waals surface area contributed by atoms with Gasteiger partial charge in [-0.25, -0.2) is 0 Å². The molecule has 0 aliphatic heterocycles. The maximum absolute atomic E-state index is 12.3. The minimum absolute atomic E-state index is 0.0687. The zero-order valence-electron chi connectivity index (χ0n) is 13.9. The first-order chi connectivity index (χ1) is 11.4. The van der Waals surface area contributed by atoms with Crippen LogP contribution in [0.4, 0.5) is 11.4 Å². The van der Waals surface area contributed by atoms with Crippen molar-refractivity contribution in [3.05, 3.63) is 63.7 Å². The van der Waals surface area contributed by atoms with E-state index in [1.165, 1.54) is 12.1 Å². The van der Waals surface area contributed by atoms with Gasteiger partial charge in [-0.1, -0.05) is 31.2 Å². The number of nitrogens with one attached hydrogen (secondary N) is 1. The summed E-state index contributed by atoms with van der Waals surface area (Å²) in [6.07, 6.45) is 0.0745. The molecule has 0 aliphatic rings. The van der Waals surface area contributed by atoms with E-state index in [0.29, 0.717) is 11.4 Å². The highest BCUT2D eigenvalue weighted by atomic mass is 16.6. The summed E-state index contributed by atoms with van der Waals surface area (Å²) >= 11 is 0. The summed E-state index contributed by atoms with van der Waals surface area (Å²) in [7, 11) is 0. The maximum Gasteiger partial charge on any atom is 0.271 e. The molecule has 6 nitrogen and oxygen atoms in total. The number of benzene rings is 2. The Morgan fingerprint density at radius 3 is 2.67 bits per heavy atom. The van der Waals surface area contributed by atoms with E-state index >= 15 is 0 Å². The van der Waals surface area contributed by atoms with Gasteiger partial charge < -0.3 is 10.1 Å². The smallest absolute Gasteiger partial charge is 0.271 e. The number of amides is 1. The van der Waals surface area contributed by atoms with E-state index in [2.05, 4.69) is 5.32 Å². The summed E-state index contributed by atoms with van der Waals surface area (Å²) in [6, 6.07) is 11.9. The van der Waals surface area contributed by atoms with Crippen molar-refractivity contribution in [3.63, 3.8) is 0 Å². The minimum atomic E-state index is -0.726. The molecular formula is C18H20N2O4. The zero-order chi connectivity index (χ0) is 17.7. The van der Waals surface area contributed by atoms with Crippen LogP contribution in [0, 0.1) is 17.0 Å². The summed E-state index contributed by atoms with van der Waals surface area (Å²) in [6.45, 7) is 5.44. The third kappa shape index (κ3) is 4.10. The predicted molar refractivity (Wildman–Crippen MR) is 92.4 cm³/mol. The Bertz CT molecular complexity index is 758. The average molecular weight is 328 g/mol. The number of rotatable bonds is 6. The molecule has 0 saturated carbocycles. The van der Waals surface area contributed by atoms with Crippen LogP contribution in [0.1, 0.15) is 25.0 Å². The second kappa shape index (κ2) is 7.59. The minimum Gasteiger partial charge on any atom is -0.481 e. The van der Waals surface area contributed by atoms with Crippen LogP contribution in [0.2, 0.25) is 0 Å². The van der Waals surface area contributed by atoms with Crippen LogP contribution in [-0.4, -0.2) is 16.9 Å². The molecule has 0 aliphatic carbocycles. The Labute approximate surface area is 140 Å². The number of nitrogens with zero attached hydrogens (tertiary/aromatic N) is 1. The molecule has 0 radical (unpaired) electrons. The number of nitro groups is 1. The molecule has 2 aromatic carbocycles. The van der Waals surface area contributed by atoms with Crippen LogP contribution < -0.4 is 10.1 Å². The van der Waals surface area contributed by atoms with Gasteiger partial charge in [0.1, 0.15) is 5.75 Å². The Kier molecular flexibility index (Phi) is 5.52. The molecule has 2 rings (SSSR count). The molecule has 2 aromatic rings. The molecule has 0 spiro atoms. The van der Waals surface area contributed by atoms with Crippen LogP contribution in [-0.2, 0) is 11.2 Å². The van der Waals surface area contributed by atoms with Gasteiger partial charge in [0.15, 0.2) is 6.10 Å². The summed E-state index contributed by atoms with van der Waals surface area (Å²) in [5, 5.41) is 13.6. The van der Waals surface area contributed by atoms with Crippen LogP contribution in [0.3, 0.4) is 0 Å². The second-order valence-corrected chi connectivity index (χ2v) is 5.47. The topological polar surface area (TPSA) is 81.5 Å². The molecule has 0 aromatic heterocycles. The molecular weight excluding hydrogens is 308 g/mol. The number of aryl methyl sites for hydroxylation is 2. The summed E-state index contributed by atoms with van der Waals surface area (Å²) in [5.74, 6) is 0.308. The van der Waals surface area contributed by atoms with Crippen LogP contribution in [0.5, 0.6) is 5.75 Å². The molecule has 0 heterocycles. The zero-order valence-corrected chi connectivity index (χ0v) is 13.9. The van der Waals surface area contributed by atoms with Crippen LogP contribution >= 0.6 is 0 Å². The van der Waals surface area contributed by atoms with Crippen LogP contribution in [0.25, 0.3) is 0 Å². The Balaban J connectivity index is 2.12. The normalized spacial score (nSPS) is 11.6. The maximum atomic E-state index is 12.3. The fourth-order valence-corrected chi connectivity index (χ4v) is 2.25. The van der Waals surface area contributed by atoms with Crippen LogP contribution in [0.15, 0.2) is 42.5 Å². The lowest BCUT2D eigenvalue weighted by Gasteiger charge is -2.17. The molecule has 126 valence electrons. The fraction of sp³-hybridized carbons (Fsp3) is 0.278. The average Bonchev–Trinajstić information content (AvgIpc) is 2.57. The molecule has 1 unspecified atom stereocenters. The number of carbonyl (C=O) groups is 1. The molecule has 6 heteroatoms. The van der Waals surface area contributed by atoms with Crippen molar-refractivity contribution < 1.29 is 14.5 Å². The van der Waals surface area contributed by atoms with E-state index in [-0.39, 0.29) is 11.6 Å². The predicted octanol–water partition coefficient (Wildman–Crippen LogP) is 3.87. The summed E-state index contributed by atoms with van der Waals surface area (Å²) in [4.78, 5) is 22.7. The summed E-state index contributed by atoms with van der Waals surface area (Å²) < 4.78 is 5.74. The molecule has 0 saturated heterocycles.